The second kappa shape index (κ2) is 5.77. The maximum absolute atomic E-state index is 11.2. The van der Waals surface area contributed by atoms with Crippen LogP contribution in [0.5, 0.6) is 0 Å². The summed E-state index contributed by atoms with van der Waals surface area (Å²) in [6.07, 6.45) is 0. The zero-order chi connectivity index (χ0) is 10.6. The quantitative estimate of drug-likeness (QED) is 0.747. The lowest BCUT2D eigenvalue weighted by Gasteiger charge is -2.04. The van der Waals surface area contributed by atoms with Gasteiger partial charge < -0.3 is 15.6 Å². The molecule has 15 heavy (non-hydrogen) atoms. The molecule has 0 aliphatic heterocycles. The lowest BCUT2D eigenvalue weighted by Crippen LogP contribution is -2.11. The second-order valence-electron chi connectivity index (χ2n) is 2.53. The number of ether oxygens (including phenoxy) is 2. The molecule has 1 aromatic rings. The third-order valence-electron chi connectivity index (χ3n) is 1.74. The van der Waals surface area contributed by atoms with Crippen molar-refractivity contribution in [2.45, 2.75) is 0 Å². The minimum Gasteiger partial charge on any atom is -0.465 e. The molecule has 0 radical (unpaired) electrons. The number of esters is 2. The second-order valence-corrected chi connectivity index (χ2v) is 2.53. The molecule has 0 bridgehead atoms. The minimum absolute atomic E-state index is 0. The summed E-state index contributed by atoms with van der Waals surface area (Å²) in [6.45, 7) is 0. The van der Waals surface area contributed by atoms with Gasteiger partial charge in [0.2, 0.25) is 0 Å². The molecule has 0 amide bonds. The molecule has 82 valence electrons. The Morgan fingerprint density at radius 3 is 1.53 bits per heavy atom. The fraction of sp³-hybridized carbons (Fsp3) is 0.200. The van der Waals surface area contributed by atoms with E-state index in [0.29, 0.717) is 0 Å². The average molecular weight is 211 g/mol. The van der Waals surface area contributed by atoms with E-state index in [2.05, 4.69) is 9.47 Å². The number of hydrogen-bond donors (Lipinski definition) is 1. The Morgan fingerprint density at radius 1 is 0.933 bits per heavy atom. The van der Waals surface area contributed by atoms with Gasteiger partial charge in [-0.1, -0.05) is 12.1 Å². The molecule has 1 rings (SSSR count). The van der Waals surface area contributed by atoms with E-state index in [4.69, 9.17) is 0 Å². The summed E-state index contributed by atoms with van der Waals surface area (Å²) in [5, 5.41) is 0. The molecule has 0 saturated heterocycles. The summed E-state index contributed by atoms with van der Waals surface area (Å²) < 4.78 is 9.05. The van der Waals surface area contributed by atoms with Gasteiger partial charge in [0.05, 0.1) is 25.3 Å². The highest BCUT2D eigenvalue weighted by Gasteiger charge is 2.16. The van der Waals surface area contributed by atoms with Gasteiger partial charge in [-0.15, -0.1) is 0 Å². The van der Waals surface area contributed by atoms with Crippen LogP contribution in [-0.2, 0) is 9.47 Å². The normalized spacial score (nSPS) is 8.67. The van der Waals surface area contributed by atoms with Crippen molar-refractivity contribution in [3.8, 4) is 0 Å². The summed E-state index contributed by atoms with van der Waals surface area (Å²) >= 11 is 0. The Bertz CT molecular complexity index is 327. The maximum atomic E-state index is 11.2. The first-order valence-corrected chi connectivity index (χ1v) is 3.96. The predicted octanol–water partition coefficient (Wildman–Crippen LogP) is 1.42. The van der Waals surface area contributed by atoms with Gasteiger partial charge in [0.1, 0.15) is 0 Å². The molecule has 0 aliphatic carbocycles. The highest BCUT2D eigenvalue weighted by Crippen LogP contribution is 2.10. The average Bonchev–Trinajstić information content (AvgIpc) is 2.27. The van der Waals surface area contributed by atoms with Crippen LogP contribution in [0.4, 0.5) is 0 Å². The molecule has 0 fully saturated rings. The van der Waals surface area contributed by atoms with E-state index in [9.17, 15) is 9.59 Å². The third-order valence-corrected chi connectivity index (χ3v) is 1.74. The lowest BCUT2D eigenvalue weighted by molar-refractivity contribution is 0.0555. The molecule has 0 heterocycles. The fourth-order valence-electron chi connectivity index (χ4n) is 1.06. The van der Waals surface area contributed by atoms with E-state index < -0.39 is 11.9 Å². The number of carbonyl (C=O) groups is 2. The summed E-state index contributed by atoms with van der Waals surface area (Å²) in [6, 6.07) is 6.33. The van der Waals surface area contributed by atoms with Gasteiger partial charge in [0.25, 0.3) is 0 Å². The molecule has 0 aromatic heterocycles. The van der Waals surface area contributed by atoms with Crippen LogP contribution < -0.4 is 6.15 Å². The predicted molar refractivity (Wildman–Crippen MR) is 54.1 cm³/mol. The van der Waals surface area contributed by atoms with E-state index in [0.717, 1.165) is 0 Å². The minimum atomic E-state index is -0.550. The lowest BCUT2D eigenvalue weighted by atomic mass is 10.1. The Hall–Kier alpha value is -1.88. The number of hydrogen-bond acceptors (Lipinski definition) is 5. The van der Waals surface area contributed by atoms with Gasteiger partial charge in [-0.2, -0.15) is 0 Å². The summed E-state index contributed by atoms with van der Waals surface area (Å²) in [7, 11) is 2.52. The fourth-order valence-corrected chi connectivity index (χ4v) is 1.06. The Kier molecular flexibility index (Phi) is 5.04. The van der Waals surface area contributed by atoms with Gasteiger partial charge >= 0.3 is 11.9 Å². The van der Waals surface area contributed by atoms with Crippen molar-refractivity contribution in [2.75, 3.05) is 14.2 Å². The molecular formula is C10H13NO4. The van der Waals surface area contributed by atoms with Gasteiger partial charge in [0.15, 0.2) is 0 Å². The van der Waals surface area contributed by atoms with Crippen molar-refractivity contribution in [3.63, 3.8) is 0 Å². The molecule has 1 aromatic carbocycles. The van der Waals surface area contributed by atoms with Crippen LogP contribution in [0, 0.1) is 0 Å². The van der Waals surface area contributed by atoms with E-state index in [1.807, 2.05) is 0 Å². The zero-order valence-electron chi connectivity index (χ0n) is 8.65. The van der Waals surface area contributed by atoms with E-state index in [1.54, 1.807) is 12.1 Å². The zero-order valence-corrected chi connectivity index (χ0v) is 8.65. The first-order chi connectivity index (χ1) is 6.70. The van der Waals surface area contributed by atoms with Crippen LogP contribution in [0.1, 0.15) is 20.7 Å². The highest BCUT2D eigenvalue weighted by atomic mass is 16.5. The first kappa shape index (κ1) is 13.1. The number of benzene rings is 1. The largest absolute Gasteiger partial charge is 0.465 e. The van der Waals surface area contributed by atoms with Crippen molar-refractivity contribution in [1.82, 2.24) is 6.15 Å². The molecular weight excluding hydrogens is 198 g/mol. The van der Waals surface area contributed by atoms with Crippen LogP contribution >= 0.6 is 0 Å². The van der Waals surface area contributed by atoms with Gasteiger partial charge in [-0.05, 0) is 12.1 Å². The number of methoxy groups -OCH3 is 2. The Balaban J connectivity index is 0.00000196. The summed E-state index contributed by atoms with van der Waals surface area (Å²) in [5.41, 5.74) is 0.420. The van der Waals surface area contributed by atoms with E-state index in [-0.39, 0.29) is 17.3 Å². The van der Waals surface area contributed by atoms with Crippen molar-refractivity contribution in [3.05, 3.63) is 35.4 Å². The Labute approximate surface area is 87.6 Å². The molecule has 0 atom stereocenters. The molecule has 0 spiro atoms. The van der Waals surface area contributed by atoms with E-state index >= 15 is 0 Å². The molecule has 3 N–H and O–H groups in total. The first-order valence-electron chi connectivity index (χ1n) is 3.96. The molecule has 0 saturated carbocycles. The van der Waals surface area contributed by atoms with Crippen LogP contribution in [-0.4, -0.2) is 26.2 Å². The van der Waals surface area contributed by atoms with Gasteiger partial charge in [0, 0.05) is 0 Å². The van der Waals surface area contributed by atoms with Crippen molar-refractivity contribution in [1.29, 1.82) is 0 Å². The topological polar surface area (TPSA) is 87.6 Å². The van der Waals surface area contributed by atoms with Crippen LogP contribution in [0.15, 0.2) is 24.3 Å². The molecule has 0 unspecified atom stereocenters. The third kappa shape index (κ3) is 2.78. The molecule has 5 nitrogen and oxygen atoms in total. The summed E-state index contributed by atoms with van der Waals surface area (Å²) in [4.78, 5) is 22.4. The maximum Gasteiger partial charge on any atom is 0.338 e. The number of rotatable bonds is 2. The highest BCUT2D eigenvalue weighted by molar-refractivity contribution is 6.02. The Morgan fingerprint density at radius 2 is 1.27 bits per heavy atom. The van der Waals surface area contributed by atoms with Crippen molar-refractivity contribution >= 4 is 11.9 Å². The monoisotopic (exact) mass is 211 g/mol. The van der Waals surface area contributed by atoms with Crippen molar-refractivity contribution in [2.24, 2.45) is 0 Å². The molecule has 0 aliphatic rings. The smallest absolute Gasteiger partial charge is 0.338 e. The summed E-state index contributed by atoms with van der Waals surface area (Å²) in [5.74, 6) is -1.10. The van der Waals surface area contributed by atoms with Crippen LogP contribution in [0.2, 0.25) is 0 Å². The van der Waals surface area contributed by atoms with Gasteiger partial charge in [-0.25, -0.2) is 9.59 Å². The SMILES string of the molecule is COC(=O)c1ccccc1C(=O)OC.N. The van der Waals surface area contributed by atoms with Gasteiger partial charge in [-0.3, -0.25) is 0 Å². The van der Waals surface area contributed by atoms with Crippen molar-refractivity contribution < 1.29 is 19.1 Å². The van der Waals surface area contributed by atoms with Crippen LogP contribution in [0.3, 0.4) is 0 Å². The number of carbonyl (C=O) groups excluding carboxylic acids is 2. The van der Waals surface area contributed by atoms with Crippen LogP contribution in [0.25, 0.3) is 0 Å². The molecule has 5 heteroatoms. The standard InChI is InChI=1S/C10H10O4.H3N/c1-13-9(11)7-5-3-4-6-8(7)10(12)14-2;/h3-6H,1-2H3;1H3. The van der Waals surface area contributed by atoms with E-state index in [1.165, 1.54) is 26.4 Å².